The van der Waals surface area contributed by atoms with E-state index in [-0.39, 0.29) is 16.6 Å². The first-order chi connectivity index (χ1) is 10.2. The van der Waals surface area contributed by atoms with E-state index in [1.807, 2.05) is 0 Å². The van der Waals surface area contributed by atoms with Crippen LogP contribution in [0.4, 0.5) is 5.69 Å². The van der Waals surface area contributed by atoms with Gasteiger partial charge in [-0.05, 0) is 44.9 Å². The van der Waals surface area contributed by atoms with E-state index in [4.69, 9.17) is 0 Å². The van der Waals surface area contributed by atoms with E-state index in [0.29, 0.717) is 13.1 Å². The summed E-state index contributed by atoms with van der Waals surface area (Å²) in [6.45, 7) is 4.42. The molecule has 0 aliphatic carbocycles. The first kappa shape index (κ1) is 17.2. The van der Waals surface area contributed by atoms with Gasteiger partial charge in [-0.3, -0.25) is 4.72 Å². The lowest BCUT2D eigenvalue weighted by Gasteiger charge is -2.16. The summed E-state index contributed by atoms with van der Waals surface area (Å²) in [5.74, 6) is 0. The molecular formula is C13H21N3O4S2. The van der Waals surface area contributed by atoms with Crippen molar-refractivity contribution in [3.8, 4) is 0 Å². The fourth-order valence-electron chi connectivity index (χ4n) is 2.29. The summed E-state index contributed by atoms with van der Waals surface area (Å²) >= 11 is 0. The van der Waals surface area contributed by atoms with Gasteiger partial charge in [0.05, 0.1) is 10.6 Å². The van der Waals surface area contributed by atoms with Gasteiger partial charge in [-0.1, -0.05) is 6.07 Å². The molecule has 9 heteroatoms. The summed E-state index contributed by atoms with van der Waals surface area (Å²) in [6, 6.07) is 5.60. The Bertz CT molecular complexity index is 723. The number of hydrogen-bond acceptors (Lipinski definition) is 4. The maximum Gasteiger partial charge on any atom is 0.299 e. The Morgan fingerprint density at radius 1 is 1.09 bits per heavy atom. The summed E-state index contributed by atoms with van der Waals surface area (Å²) in [5, 5.41) is 0. The average Bonchev–Trinajstić information content (AvgIpc) is 2.91. The lowest BCUT2D eigenvalue weighted by molar-refractivity contribution is 0.477. The third kappa shape index (κ3) is 4.19. The predicted octanol–water partition coefficient (Wildman–Crippen LogP) is 1.13. The van der Waals surface area contributed by atoms with E-state index >= 15 is 0 Å². The highest BCUT2D eigenvalue weighted by Gasteiger charge is 2.27. The van der Waals surface area contributed by atoms with Crippen molar-refractivity contribution in [1.29, 1.82) is 0 Å². The van der Waals surface area contributed by atoms with Crippen molar-refractivity contribution in [1.82, 2.24) is 9.03 Å². The minimum absolute atomic E-state index is 0.0964. The molecule has 1 aromatic carbocycles. The van der Waals surface area contributed by atoms with Gasteiger partial charge in [0.15, 0.2) is 0 Å². The lowest BCUT2D eigenvalue weighted by atomic mass is 10.3. The van der Waals surface area contributed by atoms with E-state index in [2.05, 4.69) is 9.44 Å². The number of rotatable bonds is 6. The molecule has 1 aliphatic rings. The molecule has 0 atom stereocenters. The van der Waals surface area contributed by atoms with Gasteiger partial charge in [-0.2, -0.15) is 17.4 Å². The Labute approximate surface area is 131 Å². The highest BCUT2D eigenvalue weighted by atomic mass is 32.2. The van der Waals surface area contributed by atoms with Gasteiger partial charge < -0.3 is 0 Å². The number of nitrogens with one attached hydrogen (secondary N) is 2. The standard InChI is InChI=1S/C13H21N3O4S2/c1-11(2)14-22(19,20)15-12-6-5-7-13(10-12)21(17,18)16-8-3-4-9-16/h5-7,10-11,14-15H,3-4,8-9H2,1-2H3. The summed E-state index contributed by atoms with van der Waals surface area (Å²) < 4.78 is 54.8. The van der Waals surface area contributed by atoms with Crippen molar-refractivity contribution in [2.45, 2.75) is 37.6 Å². The number of hydrogen-bond donors (Lipinski definition) is 2. The Hall–Kier alpha value is -1.16. The van der Waals surface area contributed by atoms with E-state index in [1.165, 1.54) is 28.6 Å². The average molecular weight is 347 g/mol. The fraction of sp³-hybridized carbons (Fsp3) is 0.538. The quantitative estimate of drug-likeness (QED) is 0.806. The maximum absolute atomic E-state index is 12.5. The molecule has 1 aromatic rings. The first-order valence-corrected chi connectivity index (χ1v) is 10.0. The monoisotopic (exact) mass is 347 g/mol. The van der Waals surface area contributed by atoms with Crippen LogP contribution >= 0.6 is 0 Å². The molecule has 1 saturated heterocycles. The van der Waals surface area contributed by atoms with Gasteiger partial charge in [0.2, 0.25) is 10.0 Å². The summed E-state index contributed by atoms with van der Waals surface area (Å²) in [7, 11) is -7.29. The Balaban J connectivity index is 2.23. The zero-order valence-electron chi connectivity index (χ0n) is 12.6. The maximum atomic E-state index is 12.5. The molecule has 2 rings (SSSR count). The molecule has 2 N–H and O–H groups in total. The van der Waals surface area contributed by atoms with Gasteiger partial charge in [0, 0.05) is 19.1 Å². The zero-order valence-corrected chi connectivity index (χ0v) is 14.2. The predicted molar refractivity (Wildman–Crippen MR) is 85.2 cm³/mol. The van der Waals surface area contributed by atoms with E-state index in [0.717, 1.165) is 12.8 Å². The van der Waals surface area contributed by atoms with Crippen molar-refractivity contribution in [3.63, 3.8) is 0 Å². The SMILES string of the molecule is CC(C)NS(=O)(=O)Nc1cccc(S(=O)(=O)N2CCCC2)c1. The molecule has 1 aliphatic heterocycles. The number of nitrogens with zero attached hydrogens (tertiary/aromatic N) is 1. The van der Waals surface area contributed by atoms with Crippen LogP contribution in [0, 0.1) is 0 Å². The molecule has 1 fully saturated rings. The first-order valence-electron chi connectivity index (χ1n) is 7.11. The molecule has 0 spiro atoms. The normalized spacial score (nSPS) is 17.0. The van der Waals surface area contributed by atoms with Crippen LogP contribution in [0.5, 0.6) is 0 Å². The van der Waals surface area contributed by atoms with Crippen LogP contribution in [0.25, 0.3) is 0 Å². The lowest BCUT2D eigenvalue weighted by Crippen LogP contribution is -2.35. The van der Waals surface area contributed by atoms with Crippen molar-refractivity contribution >= 4 is 25.9 Å². The minimum Gasteiger partial charge on any atom is -0.271 e. The smallest absolute Gasteiger partial charge is 0.271 e. The van der Waals surface area contributed by atoms with Gasteiger partial charge in [0.1, 0.15) is 0 Å². The van der Waals surface area contributed by atoms with E-state index < -0.39 is 20.2 Å². The molecule has 0 radical (unpaired) electrons. The van der Waals surface area contributed by atoms with Crippen LogP contribution in [0.15, 0.2) is 29.2 Å². The Morgan fingerprint density at radius 2 is 1.73 bits per heavy atom. The second-order valence-electron chi connectivity index (χ2n) is 5.52. The largest absolute Gasteiger partial charge is 0.299 e. The molecule has 1 heterocycles. The number of benzene rings is 1. The molecule has 0 aromatic heterocycles. The summed E-state index contributed by atoms with van der Waals surface area (Å²) in [6.07, 6.45) is 1.70. The third-order valence-electron chi connectivity index (χ3n) is 3.18. The second kappa shape index (κ2) is 6.53. The van der Waals surface area contributed by atoms with Crippen LogP contribution in [0.3, 0.4) is 0 Å². The molecule has 0 bridgehead atoms. The number of sulfonamides is 1. The fourth-order valence-corrected chi connectivity index (χ4v) is 4.97. The van der Waals surface area contributed by atoms with Gasteiger partial charge in [0.25, 0.3) is 10.2 Å². The third-order valence-corrected chi connectivity index (χ3v) is 6.36. The van der Waals surface area contributed by atoms with Gasteiger partial charge >= 0.3 is 0 Å². The molecule has 124 valence electrons. The second-order valence-corrected chi connectivity index (χ2v) is 8.90. The Kier molecular flexibility index (Phi) is 5.10. The molecule has 7 nitrogen and oxygen atoms in total. The highest BCUT2D eigenvalue weighted by Crippen LogP contribution is 2.23. The summed E-state index contributed by atoms with van der Waals surface area (Å²) in [5.41, 5.74) is 0.216. The minimum atomic E-state index is -3.72. The van der Waals surface area contributed by atoms with Crippen LogP contribution in [0.1, 0.15) is 26.7 Å². The molecule has 0 saturated carbocycles. The van der Waals surface area contributed by atoms with Crippen LogP contribution < -0.4 is 9.44 Å². The summed E-state index contributed by atoms with van der Waals surface area (Å²) in [4.78, 5) is 0.0964. The van der Waals surface area contributed by atoms with Crippen molar-refractivity contribution in [2.75, 3.05) is 17.8 Å². The van der Waals surface area contributed by atoms with Crippen LogP contribution in [0.2, 0.25) is 0 Å². The Morgan fingerprint density at radius 3 is 2.32 bits per heavy atom. The van der Waals surface area contributed by atoms with E-state index in [1.54, 1.807) is 13.8 Å². The van der Waals surface area contributed by atoms with Gasteiger partial charge in [-0.25, -0.2) is 8.42 Å². The topological polar surface area (TPSA) is 95.6 Å². The van der Waals surface area contributed by atoms with Gasteiger partial charge in [-0.15, -0.1) is 0 Å². The molecule has 22 heavy (non-hydrogen) atoms. The van der Waals surface area contributed by atoms with Crippen molar-refractivity contribution < 1.29 is 16.8 Å². The zero-order chi connectivity index (χ0) is 16.4. The van der Waals surface area contributed by atoms with Crippen molar-refractivity contribution in [3.05, 3.63) is 24.3 Å². The molecular weight excluding hydrogens is 326 g/mol. The molecule has 0 unspecified atom stereocenters. The van der Waals surface area contributed by atoms with E-state index in [9.17, 15) is 16.8 Å². The van der Waals surface area contributed by atoms with Crippen LogP contribution in [-0.4, -0.2) is 40.3 Å². The molecule has 0 amide bonds. The highest BCUT2D eigenvalue weighted by molar-refractivity contribution is 7.90. The van der Waals surface area contributed by atoms with Crippen molar-refractivity contribution in [2.24, 2.45) is 0 Å². The number of anilines is 1. The van der Waals surface area contributed by atoms with Crippen LogP contribution in [-0.2, 0) is 20.2 Å².